The van der Waals surface area contributed by atoms with Crippen molar-refractivity contribution in [1.29, 1.82) is 0 Å². The highest BCUT2D eigenvalue weighted by Gasteiger charge is 2.34. The summed E-state index contributed by atoms with van der Waals surface area (Å²) in [5.41, 5.74) is 5.72. The van der Waals surface area contributed by atoms with Crippen molar-refractivity contribution in [2.45, 2.75) is 135 Å². The van der Waals surface area contributed by atoms with Crippen LogP contribution in [0, 0.1) is 0 Å². The van der Waals surface area contributed by atoms with Gasteiger partial charge in [0.1, 0.15) is 19.3 Å². The van der Waals surface area contributed by atoms with E-state index in [4.69, 9.17) is 5.73 Å². The zero-order chi connectivity index (χ0) is 25.5. The summed E-state index contributed by atoms with van der Waals surface area (Å²) in [6, 6.07) is 0. The highest BCUT2D eigenvalue weighted by molar-refractivity contribution is 5.80. The molecule has 0 amide bonds. The average molecular weight is 490 g/mol. The van der Waals surface area contributed by atoms with Gasteiger partial charge in [-0.15, -0.1) is 0 Å². The number of carboxylic acid groups (broad SMARTS) is 1. The first-order chi connectivity index (χ1) is 17.1. The molecule has 1 heterocycles. The third-order valence-electron chi connectivity index (χ3n) is 7.19. The number of hydrogen-bond acceptors (Lipinski definition) is 4. The molecule has 0 radical (unpaired) electrons. The first kappa shape index (κ1) is 31.6. The molecule has 0 saturated carbocycles. The number of aliphatic carboxylic acids is 1. The van der Waals surface area contributed by atoms with Crippen molar-refractivity contribution in [3.05, 3.63) is 24.6 Å². The second-order valence-corrected chi connectivity index (χ2v) is 10.4. The van der Waals surface area contributed by atoms with Crippen LogP contribution in [0.1, 0.15) is 135 Å². The van der Waals surface area contributed by atoms with Crippen molar-refractivity contribution in [2.24, 2.45) is 10.7 Å². The molecule has 2 N–H and O–H groups in total. The second kappa shape index (κ2) is 21.8. The van der Waals surface area contributed by atoms with E-state index in [0.717, 1.165) is 18.7 Å². The van der Waals surface area contributed by atoms with Gasteiger partial charge < -0.3 is 15.6 Å². The SMILES string of the molecule is CCCCCCCCCCCCC/C=C/CCCCCCCCC1=NC=C[N+]1(CCN)CC(=O)[O-]. The molecule has 1 unspecified atom stereocenters. The van der Waals surface area contributed by atoms with Gasteiger partial charge in [0.05, 0.1) is 12.2 Å². The third kappa shape index (κ3) is 16.0. The van der Waals surface area contributed by atoms with Crippen LogP contribution in [0.3, 0.4) is 0 Å². The van der Waals surface area contributed by atoms with E-state index in [1.54, 1.807) is 6.20 Å². The summed E-state index contributed by atoms with van der Waals surface area (Å²) in [4.78, 5) is 15.6. The fourth-order valence-corrected chi connectivity index (χ4v) is 5.04. The maximum Gasteiger partial charge on any atom is 0.207 e. The molecule has 5 nitrogen and oxygen atoms in total. The fourth-order valence-electron chi connectivity index (χ4n) is 5.04. The number of carbonyl (C=O) groups excluding carboxylic acids is 1. The number of amidine groups is 1. The number of allylic oxidation sites excluding steroid dienone is 2. The number of nitrogens with zero attached hydrogens (tertiary/aromatic N) is 2. The lowest BCUT2D eigenvalue weighted by atomic mass is 10.0. The van der Waals surface area contributed by atoms with Crippen molar-refractivity contribution < 1.29 is 14.4 Å². The Balaban J connectivity index is 1.90. The maximum atomic E-state index is 11.2. The first-order valence-corrected chi connectivity index (χ1v) is 14.8. The molecule has 35 heavy (non-hydrogen) atoms. The molecular formula is C30H55N3O2. The second-order valence-electron chi connectivity index (χ2n) is 10.4. The van der Waals surface area contributed by atoms with Gasteiger partial charge in [-0.3, -0.25) is 0 Å². The van der Waals surface area contributed by atoms with Crippen molar-refractivity contribution in [2.75, 3.05) is 19.6 Å². The summed E-state index contributed by atoms with van der Waals surface area (Å²) in [7, 11) is 0. The van der Waals surface area contributed by atoms with Crippen LogP contribution >= 0.6 is 0 Å². The van der Waals surface area contributed by atoms with Crippen LogP contribution in [0.5, 0.6) is 0 Å². The Bertz CT molecular complexity index is 615. The van der Waals surface area contributed by atoms with Gasteiger partial charge in [0.2, 0.25) is 5.84 Å². The summed E-state index contributed by atoms with van der Waals surface area (Å²) < 4.78 is 0.240. The molecule has 202 valence electrons. The normalized spacial score (nSPS) is 17.5. The quantitative estimate of drug-likeness (QED) is 0.0872. The van der Waals surface area contributed by atoms with Crippen LogP contribution in [0.25, 0.3) is 0 Å². The molecule has 0 spiro atoms. The highest BCUT2D eigenvalue weighted by atomic mass is 16.4. The smallest absolute Gasteiger partial charge is 0.207 e. The van der Waals surface area contributed by atoms with E-state index in [0.29, 0.717) is 13.1 Å². The monoisotopic (exact) mass is 489 g/mol. The molecule has 0 aromatic heterocycles. The van der Waals surface area contributed by atoms with Gasteiger partial charge in [-0.1, -0.05) is 109 Å². The minimum atomic E-state index is -1.05. The summed E-state index contributed by atoms with van der Waals surface area (Å²) in [5, 5.41) is 11.2. The van der Waals surface area contributed by atoms with E-state index >= 15 is 0 Å². The lowest BCUT2D eigenvalue weighted by molar-refractivity contribution is -0.780. The molecular weight excluding hydrogens is 434 g/mol. The molecule has 0 bridgehead atoms. The van der Waals surface area contributed by atoms with Gasteiger partial charge in [-0.2, -0.15) is 0 Å². The van der Waals surface area contributed by atoms with Gasteiger partial charge in [-0.25, -0.2) is 9.48 Å². The first-order valence-electron chi connectivity index (χ1n) is 14.8. The molecule has 0 aromatic carbocycles. The summed E-state index contributed by atoms with van der Waals surface area (Å²) in [5.74, 6) is -0.131. The van der Waals surface area contributed by atoms with Crippen molar-refractivity contribution in [1.82, 2.24) is 0 Å². The molecule has 1 aliphatic rings. The van der Waals surface area contributed by atoms with Crippen molar-refractivity contribution in [3.8, 4) is 0 Å². The van der Waals surface area contributed by atoms with Crippen LogP contribution < -0.4 is 10.8 Å². The number of quaternary nitrogens is 1. The van der Waals surface area contributed by atoms with Crippen molar-refractivity contribution in [3.63, 3.8) is 0 Å². The average Bonchev–Trinajstić information content (AvgIpc) is 3.21. The Hall–Kier alpha value is -1.46. The Morgan fingerprint density at radius 3 is 1.80 bits per heavy atom. The standard InChI is InChI=1S/C30H55N3O2/c1-2-3-4-5-6-7-8-9-10-11-12-13-14-15-16-17-18-19-20-21-22-23-29-32-25-27-33(29,26-24-31)28-30(34)35/h14-15,25,27H,2-13,16-24,26,28,31H2,1H3/b15-14+. The number of unbranched alkanes of at least 4 members (excludes halogenated alkanes) is 17. The lowest BCUT2D eigenvalue weighted by Crippen LogP contribution is -2.55. The van der Waals surface area contributed by atoms with Gasteiger partial charge in [0, 0.05) is 13.0 Å². The number of nitrogens with two attached hydrogens (primary N) is 1. The van der Waals surface area contributed by atoms with E-state index in [2.05, 4.69) is 24.1 Å². The predicted molar refractivity (Wildman–Crippen MR) is 148 cm³/mol. The largest absolute Gasteiger partial charge is 0.544 e. The molecule has 0 fully saturated rings. The summed E-state index contributed by atoms with van der Waals surface area (Å²) in [6.45, 7) is 3.21. The van der Waals surface area contributed by atoms with E-state index in [1.165, 1.54) is 116 Å². The summed E-state index contributed by atoms with van der Waals surface area (Å²) >= 11 is 0. The van der Waals surface area contributed by atoms with Gasteiger partial charge in [-0.05, 0) is 32.1 Å². The van der Waals surface area contributed by atoms with Crippen molar-refractivity contribution >= 4 is 11.8 Å². The number of aliphatic imine (C=N–C) groups is 1. The van der Waals surface area contributed by atoms with Gasteiger partial charge in [0.15, 0.2) is 0 Å². The number of carboxylic acids is 1. The molecule has 5 heteroatoms. The Morgan fingerprint density at radius 2 is 1.31 bits per heavy atom. The Labute approximate surface area is 216 Å². The fraction of sp³-hybridized carbons (Fsp3) is 0.800. The van der Waals surface area contributed by atoms with Crippen LogP contribution in [-0.2, 0) is 4.79 Å². The minimum Gasteiger partial charge on any atom is -0.544 e. The molecule has 1 rings (SSSR count). The van der Waals surface area contributed by atoms with Crippen LogP contribution in [-0.4, -0.2) is 35.9 Å². The molecule has 0 aromatic rings. The minimum absolute atomic E-state index is 0.0701. The topological polar surface area (TPSA) is 78.5 Å². The Morgan fingerprint density at radius 1 is 0.829 bits per heavy atom. The zero-order valence-electron chi connectivity index (χ0n) is 22.9. The maximum absolute atomic E-state index is 11.2. The van der Waals surface area contributed by atoms with E-state index in [1.807, 2.05) is 6.20 Å². The molecule has 1 atom stereocenters. The molecule has 1 aliphatic heterocycles. The number of rotatable bonds is 25. The predicted octanol–water partition coefficient (Wildman–Crippen LogP) is 6.77. The number of hydrogen-bond donors (Lipinski definition) is 1. The van der Waals surface area contributed by atoms with E-state index in [9.17, 15) is 9.90 Å². The number of carbonyl (C=O) groups is 1. The van der Waals surface area contributed by atoms with Crippen LogP contribution in [0.2, 0.25) is 0 Å². The van der Waals surface area contributed by atoms with Crippen LogP contribution in [0.15, 0.2) is 29.5 Å². The van der Waals surface area contributed by atoms with E-state index in [-0.39, 0.29) is 11.0 Å². The highest BCUT2D eigenvalue weighted by Crippen LogP contribution is 2.21. The lowest BCUT2D eigenvalue weighted by Gasteiger charge is -2.32. The molecule has 0 saturated heterocycles. The van der Waals surface area contributed by atoms with Gasteiger partial charge in [0.25, 0.3) is 0 Å². The van der Waals surface area contributed by atoms with E-state index < -0.39 is 5.97 Å². The molecule has 0 aliphatic carbocycles. The summed E-state index contributed by atoms with van der Waals surface area (Å²) in [6.07, 6.45) is 34.5. The zero-order valence-corrected chi connectivity index (χ0v) is 22.9. The van der Waals surface area contributed by atoms with Gasteiger partial charge >= 0.3 is 0 Å². The Kier molecular flexibility index (Phi) is 19.7. The van der Waals surface area contributed by atoms with Crippen LogP contribution in [0.4, 0.5) is 0 Å². The third-order valence-corrected chi connectivity index (χ3v) is 7.19.